The highest BCUT2D eigenvalue weighted by Crippen LogP contribution is 2.16. The van der Waals surface area contributed by atoms with Crippen molar-refractivity contribution in [2.75, 3.05) is 12.3 Å². The van der Waals surface area contributed by atoms with Crippen LogP contribution in [0, 0.1) is 0 Å². The normalized spacial score (nSPS) is 19.9. The summed E-state index contributed by atoms with van der Waals surface area (Å²) >= 11 is 0. The smallest absolute Gasteiger partial charge is 0.255 e. The predicted octanol–water partition coefficient (Wildman–Crippen LogP) is 1.38. The molecule has 1 fully saturated rings. The Morgan fingerprint density at radius 2 is 2.44 bits per heavy atom. The second-order valence-electron chi connectivity index (χ2n) is 4.28. The number of aromatic nitrogens is 1. The third-order valence-electron chi connectivity index (χ3n) is 2.98. The van der Waals surface area contributed by atoms with Crippen molar-refractivity contribution in [2.24, 2.45) is 0 Å². The van der Waals surface area contributed by atoms with E-state index in [0.717, 1.165) is 19.4 Å². The quantitative estimate of drug-likeness (QED) is 0.871. The summed E-state index contributed by atoms with van der Waals surface area (Å²) in [6, 6.07) is 1.61. The van der Waals surface area contributed by atoms with E-state index in [0.29, 0.717) is 11.3 Å². The monoisotopic (exact) mass is 271 g/mol. The van der Waals surface area contributed by atoms with Gasteiger partial charge in [0.25, 0.3) is 5.91 Å². The average Bonchev–Trinajstić information content (AvgIpc) is 2.82. The van der Waals surface area contributed by atoms with Crippen molar-refractivity contribution in [1.29, 1.82) is 0 Å². The van der Waals surface area contributed by atoms with Crippen molar-refractivity contribution < 1.29 is 9.53 Å². The molecule has 0 aliphatic carbocycles. The van der Waals surface area contributed by atoms with Crippen LogP contribution in [0.5, 0.6) is 0 Å². The van der Waals surface area contributed by atoms with Gasteiger partial charge in [0.05, 0.1) is 17.7 Å². The number of carbonyl (C=O) groups excluding carboxylic acids is 1. The molecule has 0 radical (unpaired) electrons. The molecule has 2 atom stereocenters. The van der Waals surface area contributed by atoms with Crippen LogP contribution in [-0.2, 0) is 4.74 Å². The van der Waals surface area contributed by atoms with Gasteiger partial charge in [-0.15, -0.1) is 12.4 Å². The number of rotatable bonds is 3. The van der Waals surface area contributed by atoms with Gasteiger partial charge in [-0.1, -0.05) is 0 Å². The lowest BCUT2D eigenvalue weighted by atomic mass is 10.1. The van der Waals surface area contributed by atoms with E-state index in [9.17, 15) is 4.79 Å². The van der Waals surface area contributed by atoms with E-state index in [1.165, 1.54) is 6.20 Å². The summed E-state index contributed by atoms with van der Waals surface area (Å²) in [5.41, 5.74) is 6.57. The number of nitrogen functional groups attached to an aromatic ring is 1. The Balaban J connectivity index is 0.00000162. The Labute approximate surface area is 113 Å². The largest absolute Gasteiger partial charge is 0.398 e. The Bertz CT molecular complexity index is 408. The topological polar surface area (TPSA) is 77.2 Å². The second kappa shape index (κ2) is 6.56. The van der Waals surface area contributed by atoms with E-state index in [2.05, 4.69) is 10.3 Å². The number of hydrogen-bond acceptors (Lipinski definition) is 4. The number of hydrogen-bond donors (Lipinski definition) is 2. The van der Waals surface area contributed by atoms with Gasteiger partial charge >= 0.3 is 0 Å². The summed E-state index contributed by atoms with van der Waals surface area (Å²) < 4.78 is 5.52. The minimum absolute atomic E-state index is 0. The molecule has 1 aliphatic rings. The number of nitrogens with one attached hydrogen (secondary N) is 1. The van der Waals surface area contributed by atoms with E-state index in [1.54, 1.807) is 12.3 Å². The van der Waals surface area contributed by atoms with E-state index in [-0.39, 0.29) is 30.5 Å². The van der Waals surface area contributed by atoms with Gasteiger partial charge < -0.3 is 15.8 Å². The van der Waals surface area contributed by atoms with Gasteiger partial charge in [-0.2, -0.15) is 0 Å². The van der Waals surface area contributed by atoms with Crippen LogP contribution in [0.2, 0.25) is 0 Å². The van der Waals surface area contributed by atoms with E-state index in [4.69, 9.17) is 10.5 Å². The summed E-state index contributed by atoms with van der Waals surface area (Å²) in [5, 5.41) is 2.90. The predicted molar refractivity (Wildman–Crippen MR) is 71.8 cm³/mol. The fraction of sp³-hybridized carbons (Fsp3) is 0.500. The number of nitrogens with zero attached hydrogens (tertiary/aromatic N) is 1. The zero-order valence-electron chi connectivity index (χ0n) is 10.3. The van der Waals surface area contributed by atoms with E-state index in [1.807, 2.05) is 6.92 Å². The first-order chi connectivity index (χ1) is 8.18. The molecule has 1 saturated heterocycles. The van der Waals surface area contributed by atoms with Crippen LogP contribution in [0.4, 0.5) is 5.69 Å². The van der Waals surface area contributed by atoms with Crippen molar-refractivity contribution in [1.82, 2.24) is 10.3 Å². The van der Waals surface area contributed by atoms with Crippen molar-refractivity contribution in [3.8, 4) is 0 Å². The molecule has 5 nitrogen and oxygen atoms in total. The van der Waals surface area contributed by atoms with Crippen LogP contribution in [0.15, 0.2) is 18.5 Å². The van der Waals surface area contributed by atoms with Crippen LogP contribution in [0.1, 0.15) is 30.1 Å². The van der Waals surface area contributed by atoms with Gasteiger partial charge in [-0.3, -0.25) is 9.78 Å². The van der Waals surface area contributed by atoms with Gasteiger partial charge in [-0.25, -0.2) is 0 Å². The standard InChI is InChI=1S/C12H17N3O2.ClH/c1-8(11-3-2-6-17-11)15-12(16)9-7-14-5-4-10(9)13;/h4-5,7-8,11H,2-3,6H2,1H3,(H2,13,14)(H,15,16);1H. The van der Waals surface area contributed by atoms with Crippen LogP contribution >= 0.6 is 12.4 Å². The Morgan fingerprint density at radius 3 is 3.06 bits per heavy atom. The number of nitrogens with two attached hydrogens (primary N) is 1. The summed E-state index contributed by atoms with van der Waals surface area (Å²) in [7, 11) is 0. The molecule has 1 amide bonds. The second-order valence-corrected chi connectivity index (χ2v) is 4.28. The maximum Gasteiger partial charge on any atom is 0.255 e. The Morgan fingerprint density at radius 1 is 1.67 bits per heavy atom. The first kappa shape index (κ1) is 14.7. The maximum atomic E-state index is 11.9. The number of anilines is 1. The lowest BCUT2D eigenvalue weighted by molar-refractivity contribution is 0.0712. The zero-order chi connectivity index (χ0) is 12.3. The number of ether oxygens (including phenoxy) is 1. The molecule has 0 bridgehead atoms. The summed E-state index contributed by atoms with van der Waals surface area (Å²) in [5.74, 6) is -0.196. The molecule has 0 aromatic carbocycles. The molecule has 0 spiro atoms. The average molecular weight is 272 g/mol. The molecular formula is C12H18ClN3O2. The molecule has 3 N–H and O–H groups in total. The number of carbonyl (C=O) groups is 1. The molecule has 1 aromatic heterocycles. The first-order valence-electron chi connectivity index (χ1n) is 5.80. The number of pyridine rings is 1. The van der Waals surface area contributed by atoms with Gasteiger partial charge in [-0.05, 0) is 25.8 Å². The molecule has 18 heavy (non-hydrogen) atoms. The van der Waals surface area contributed by atoms with Gasteiger partial charge in [0.2, 0.25) is 0 Å². The third-order valence-corrected chi connectivity index (χ3v) is 2.98. The summed E-state index contributed by atoms with van der Waals surface area (Å²) in [4.78, 5) is 15.8. The third kappa shape index (κ3) is 3.34. The lowest BCUT2D eigenvalue weighted by Gasteiger charge is -2.20. The van der Waals surface area contributed by atoms with Crippen molar-refractivity contribution in [2.45, 2.75) is 31.9 Å². The highest BCUT2D eigenvalue weighted by molar-refractivity contribution is 5.98. The number of amides is 1. The van der Waals surface area contributed by atoms with Gasteiger partial charge in [0.1, 0.15) is 0 Å². The molecule has 6 heteroatoms. The molecule has 1 aliphatic heterocycles. The van der Waals surface area contributed by atoms with Crippen LogP contribution in [0.3, 0.4) is 0 Å². The van der Waals surface area contributed by atoms with Crippen molar-refractivity contribution in [3.05, 3.63) is 24.0 Å². The van der Waals surface area contributed by atoms with E-state index >= 15 is 0 Å². The molecule has 2 heterocycles. The van der Waals surface area contributed by atoms with E-state index < -0.39 is 0 Å². The van der Waals surface area contributed by atoms with Crippen molar-refractivity contribution in [3.63, 3.8) is 0 Å². The fourth-order valence-electron chi connectivity index (χ4n) is 1.97. The molecule has 2 rings (SSSR count). The molecule has 100 valence electrons. The van der Waals surface area contributed by atoms with Crippen LogP contribution in [-0.4, -0.2) is 29.6 Å². The van der Waals surface area contributed by atoms with Crippen LogP contribution in [0.25, 0.3) is 0 Å². The minimum atomic E-state index is -0.196. The van der Waals surface area contributed by atoms with Gasteiger partial charge in [0, 0.05) is 24.7 Å². The fourth-order valence-corrected chi connectivity index (χ4v) is 1.97. The zero-order valence-corrected chi connectivity index (χ0v) is 11.1. The Hall–Kier alpha value is -1.33. The first-order valence-corrected chi connectivity index (χ1v) is 5.80. The lowest BCUT2D eigenvalue weighted by Crippen LogP contribution is -2.41. The molecule has 1 aromatic rings. The van der Waals surface area contributed by atoms with Crippen molar-refractivity contribution >= 4 is 24.0 Å². The summed E-state index contributed by atoms with van der Waals surface area (Å²) in [6.45, 7) is 2.72. The highest BCUT2D eigenvalue weighted by Gasteiger charge is 2.24. The minimum Gasteiger partial charge on any atom is -0.398 e. The molecule has 2 unspecified atom stereocenters. The summed E-state index contributed by atoms with van der Waals surface area (Å²) in [6.07, 6.45) is 5.20. The van der Waals surface area contributed by atoms with Crippen LogP contribution < -0.4 is 11.1 Å². The molecule has 0 saturated carbocycles. The molecular weight excluding hydrogens is 254 g/mol. The SMILES string of the molecule is CC(NC(=O)c1cnccc1N)C1CCCO1.Cl. The highest BCUT2D eigenvalue weighted by atomic mass is 35.5. The Kier molecular flexibility index (Phi) is 5.37. The maximum absolute atomic E-state index is 11.9. The number of halogens is 1. The van der Waals surface area contributed by atoms with Gasteiger partial charge in [0.15, 0.2) is 0 Å².